The summed E-state index contributed by atoms with van der Waals surface area (Å²) in [4.78, 5) is 0. The van der Waals surface area contributed by atoms with Crippen molar-refractivity contribution in [1.29, 1.82) is 0 Å². The van der Waals surface area contributed by atoms with Crippen molar-refractivity contribution in [3.05, 3.63) is 53.6 Å². The Morgan fingerprint density at radius 1 is 0.900 bits per heavy atom. The van der Waals surface area contributed by atoms with E-state index in [2.05, 4.69) is 30.0 Å². The van der Waals surface area contributed by atoms with Gasteiger partial charge >= 0.3 is 0 Å². The second-order valence-corrected chi connectivity index (χ2v) is 6.57. The molecule has 2 rings (SSSR count). The van der Waals surface area contributed by atoms with Gasteiger partial charge in [0.15, 0.2) is 0 Å². The number of aryl methyl sites for hydroxylation is 1. The highest BCUT2D eigenvalue weighted by Crippen LogP contribution is 2.23. The Kier molecular flexibility index (Phi) is 3.99. The summed E-state index contributed by atoms with van der Waals surface area (Å²) in [6.45, 7) is 4.14. The SMILES string of the molecule is Cc1cccc(Nc2ccc(NS(C)(=O)=O)cc2)c1C. The highest BCUT2D eigenvalue weighted by atomic mass is 32.2. The minimum atomic E-state index is -3.23. The normalized spacial score (nSPS) is 11.2. The molecule has 0 aliphatic heterocycles. The van der Waals surface area contributed by atoms with Crippen LogP contribution in [0.15, 0.2) is 42.5 Å². The minimum Gasteiger partial charge on any atom is -0.355 e. The summed E-state index contributed by atoms with van der Waals surface area (Å²) in [6.07, 6.45) is 1.13. The highest BCUT2D eigenvalue weighted by molar-refractivity contribution is 7.92. The fourth-order valence-corrected chi connectivity index (χ4v) is 2.44. The van der Waals surface area contributed by atoms with Gasteiger partial charge in [-0.25, -0.2) is 8.42 Å². The lowest BCUT2D eigenvalue weighted by molar-refractivity contribution is 0.607. The first-order valence-corrected chi connectivity index (χ1v) is 8.15. The Balaban J connectivity index is 2.17. The first kappa shape index (κ1) is 14.4. The van der Waals surface area contributed by atoms with Crippen LogP contribution in [0, 0.1) is 13.8 Å². The van der Waals surface area contributed by atoms with Crippen LogP contribution in [-0.2, 0) is 10.0 Å². The molecule has 0 fully saturated rings. The smallest absolute Gasteiger partial charge is 0.229 e. The number of rotatable bonds is 4. The van der Waals surface area contributed by atoms with Crippen molar-refractivity contribution in [1.82, 2.24) is 0 Å². The molecule has 0 spiro atoms. The quantitative estimate of drug-likeness (QED) is 0.907. The largest absolute Gasteiger partial charge is 0.355 e. The fraction of sp³-hybridized carbons (Fsp3) is 0.200. The first-order valence-electron chi connectivity index (χ1n) is 6.26. The zero-order valence-corrected chi connectivity index (χ0v) is 12.6. The summed E-state index contributed by atoms with van der Waals surface area (Å²) in [6, 6.07) is 13.2. The fourth-order valence-electron chi connectivity index (χ4n) is 1.88. The number of nitrogens with one attached hydrogen (secondary N) is 2. The van der Waals surface area contributed by atoms with Crippen LogP contribution in [0.5, 0.6) is 0 Å². The van der Waals surface area contributed by atoms with Crippen LogP contribution < -0.4 is 10.0 Å². The van der Waals surface area contributed by atoms with E-state index in [0.29, 0.717) is 5.69 Å². The summed E-state index contributed by atoms with van der Waals surface area (Å²) in [5, 5.41) is 3.33. The topological polar surface area (TPSA) is 58.2 Å². The lowest BCUT2D eigenvalue weighted by atomic mass is 10.1. The molecule has 0 aliphatic rings. The molecule has 0 amide bonds. The molecule has 0 bridgehead atoms. The van der Waals surface area contributed by atoms with Crippen LogP contribution in [0.2, 0.25) is 0 Å². The van der Waals surface area contributed by atoms with E-state index in [1.165, 1.54) is 11.1 Å². The summed E-state index contributed by atoms with van der Waals surface area (Å²) in [5.74, 6) is 0. The van der Waals surface area contributed by atoms with Gasteiger partial charge in [-0.2, -0.15) is 0 Å². The standard InChI is InChI=1S/C15H18N2O2S/c1-11-5-4-6-15(12(11)2)16-13-7-9-14(10-8-13)17-20(3,18)19/h4-10,16-17H,1-3H3. The molecule has 4 nitrogen and oxygen atoms in total. The van der Waals surface area contributed by atoms with Gasteiger partial charge in [-0.05, 0) is 55.3 Å². The Morgan fingerprint density at radius 3 is 2.10 bits per heavy atom. The molecule has 2 N–H and O–H groups in total. The summed E-state index contributed by atoms with van der Waals surface area (Å²) < 4.78 is 24.7. The lowest BCUT2D eigenvalue weighted by Gasteiger charge is -2.12. The molecule has 20 heavy (non-hydrogen) atoms. The molecule has 0 saturated carbocycles. The van der Waals surface area contributed by atoms with Gasteiger partial charge in [0.2, 0.25) is 10.0 Å². The summed E-state index contributed by atoms with van der Waals surface area (Å²) in [5.41, 5.74) is 4.95. The van der Waals surface area contributed by atoms with Gasteiger partial charge in [0.25, 0.3) is 0 Å². The zero-order chi connectivity index (χ0) is 14.8. The number of anilines is 3. The first-order chi connectivity index (χ1) is 9.35. The maximum atomic E-state index is 11.1. The second-order valence-electron chi connectivity index (χ2n) is 4.82. The lowest BCUT2D eigenvalue weighted by Crippen LogP contribution is -2.09. The highest BCUT2D eigenvalue weighted by Gasteiger charge is 2.03. The van der Waals surface area contributed by atoms with E-state index < -0.39 is 10.0 Å². The molecule has 5 heteroatoms. The van der Waals surface area contributed by atoms with Crippen molar-refractivity contribution >= 4 is 27.1 Å². The van der Waals surface area contributed by atoms with Crippen LogP contribution >= 0.6 is 0 Å². The van der Waals surface area contributed by atoms with Crippen LogP contribution in [0.1, 0.15) is 11.1 Å². The van der Waals surface area contributed by atoms with Crippen molar-refractivity contribution in [2.75, 3.05) is 16.3 Å². The van der Waals surface area contributed by atoms with Gasteiger partial charge < -0.3 is 5.32 Å². The summed E-state index contributed by atoms with van der Waals surface area (Å²) >= 11 is 0. The van der Waals surface area contributed by atoms with Gasteiger partial charge in [0.05, 0.1) is 6.26 Å². The predicted octanol–water partition coefficient (Wildman–Crippen LogP) is 3.42. The molecule has 0 saturated heterocycles. The van der Waals surface area contributed by atoms with Crippen molar-refractivity contribution in [3.63, 3.8) is 0 Å². The van der Waals surface area contributed by atoms with E-state index >= 15 is 0 Å². The van der Waals surface area contributed by atoms with Gasteiger partial charge in [0, 0.05) is 17.1 Å². The Bertz CT molecular complexity index is 707. The zero-order valence-electron chi connectivity index (χ0n) is 11.8. The molecule has 2 aromatic rings. The average molecular weight is 290 g/mol. The number of sulfonamides is 1. The maximum Gasteiger partial charge on any atom is 0.229 e. The monoisotopic (exact) mass is 290 g/mol. The summed E-state index contributed by atoms with van der Waals surface area (Å²) in [7, 11) is -3.23. The average Bonchev–Trinajstić information content (AvgIpc) is 2.35. The van der Waals surface area contributed by atoms with Crippen LogP contribution in [0.3, 0.4) is 0 Å². The third kappa shape index (κ3) is 3.74. The van der Waals surface area contributed by atoms with Gasteiger partial charge in [-0.1, -0.05) is 12.1 Å². The molecular formula is C15H18N2O2S. The Morgan fingerprint density at radius 2 is 1.50 bits per heavy atom. The van der Waals surface area contributed by atoms with E-state index in [1.54, 1.807) is 12.1 Å². The molecule has 2 aromatic carbocycles. The van der Waals surface area contributed by atoms with E-state index in [1.807, 2.05) is 24.3 Å². The minimum absolute atomic E-state index is 0.555. The third-order valence-electron chi connectivity index (χ3n) is 3.07. The van der Waals surface area contributed by atoms with Crippen LogP contribution in [0.25, 0.3) is 0 Å². The van der Waals surface area contributed by atoms with E-state index in [9.17, 15) is 8.42 Å². The predicted molar refractivity (Wildman–Crippen MR) is 84.1 cm³/mol. The Labute approximate surface area is 119 Å². The van der Waals surface area contributed by atoms with Gasteiger partial charge in [0.1, 0.15) is 0 Å². The molecule has 0 radical (unpaired) electrons. The molecule has 0 atom stereocenters. The van der Waals surface area contributed by atoms with Crippen molar-refractivity contribution < 1.29 is 8.42 Å². The number of hydrogen-bond donors (Lipinski definition) is 2. The number of hydrogen-bond acceptors (Lipinski definition) is 3. The van der Waals surface area contributed by atoms with E-state index in [-0.39, 0.29) is 0 Å². The molecule has 0 aliphatic carbocycles. The van der Waals surface area contributed by atoms with Gasteiger partial charge in [-0.3, -0.25) is 4.72 Å². The molecule has 0 heterocycles. The van der Waals surface area contributed by atoms with Crippen LogP contribution in [0.4, 0.5) is 17.1 Å². The van der Waals surface area contributed by atoms with Crippen LogP contribution in [-0.4, -0.2) is 14.7 Å². The molecule has 106 valence electrons. The van der Waals surface area contributed by atoms with E-state index in [0.717, 1.165) is 17.6 Å². The maximum absolute atomic E-state index is 11.1. The molecule has 0 unspecified atom stereocenters. The number of benzene rings is 2. The van der Waals surface area contributed by atoms with E-state index in [4.69, 9.17) is 0 Å². The molecule has 0 aromatic heterocycles. The van der Waals surface area contributed by atoms with Gasteiger partial charge in [-0.15, -0.1) is 0 Å². The Hall–Kier alpha value is -2.01. The third-order valence-corrected chi connectivity index (χ3v) is 3.68. The second kappa shape index (κ2) is 5.54. The molecular weight excluding hydrogens is 272 g/mol. The van der Waals surface area contributed by atoms with Crippen molar-refractivity contribution in [3.8, 4) is 0 Å². The van der Waals surface area contributed by atoms with Crippen molar-refractivity contribution in [2.24, 2.45) is 0 Å². The van der Waals surface area contributed by atoms with Crippen molar-refractivity contribution in [2.45, 2.75) is 13.8 Å².